The maximum atomic E-state index is 12.4. The molecule has 0 aliphatic carbocycles. The van der Waals surface area contributed by atoms with E-state index in [1.54, 1.807) is 20.8 Å². The lowest BCUT2D eigenvalue weighted by Crippen LogP contribution is -2.45. The van der Waals surface area contributed by atoms with Crippen molar-refractivity contribution < 1.29 is 28.6 Å². The lowest BCUT2D eigenvalue weighted by molar-refractivity contribution is -0.160. The third-order valence-electron chi connectivity index (χ3n) is 6.02. The predicted molar refractivity (Wildman–Crippen MR) is 143 cm³/mol. The van der Waals surface area contributed by atoms with Gasteiger partial charge < -0.3 is 30.2 Å². The second kappa shape index (κ2) is 13.1. The maximum Gasteiger partial charge on any atom is 0.407 e. The smallest absolute Gasteiger partial charge is 0.407 e. The minimum Gasteiger partial charge on any atom is -0.460 e. The molecule has 1 aromatic carbocycles. The molecule has 9 nitrogen and oxygen atoms in total. The van der Waals surface area contributed by atoms with Gasteiger partial charge in [-0.2, -0.15) is 0 Å². The lowest BCUT2D eigenvalue weighted by Gasteiger charge is -2.34. The van der Waals surface area contributed by atoms with Crippen LogP contribution in [0.15, 0.2) is 24.3 Å². The summed E-state index contributed by atoms with van der Waals surface area (Å²) in [4.78, 5) is 38.2. The van der Waals surface area contributed by atoms with Crippen LogP contribution in [0, 0.1) is 5.92 Å². The molecule has 0 bridgehead atoms. The van der Waals surface area contributed by atoms with Crippen LogP contribution in [0.3, 0.4) is 0 Å². The van der Waals surface area contributed by atoms with E-state index in [1.165, 1.54) is 0 Å². The number of nitrogens with one attached hydrogen (secondary N) is 1. The molecule has 1 aliphatic rings. The minimum absolute atomic E-state index is 0.0542. The van der Waals surface area contributed by atoms with Gasteiger partial charge in [0, 0.05) is 25.2 Å². The van der Waals surface area contributed by atoms with Crippen molar-refractivity contribution >= 4 is 23.7 Å². The van der Waals surface area contributed by atoms with Crippen LogP contribution >= 0.6 is 0 Å². The molecular weight excluding hydrogens is 474 g/mol. The summed E-state index contributed by atoms with van der Waals surface area (Å²) in [7, 11) is 0. The van der Waals surface area contributed by atoms with Crippen molar-refractivity contribution in [1.82, 2.24) is 5.32 Å². The Morgan fingerprint density at radius 3 is 2.08 bits per heavy atom. The molecule has 1 heterocycles. The Kier molecular flexibility index (Phi) is 10.8. The first kappa shape index (κ1) is 30.4. The van der Waals surface area contributed by atoms with Crippen LogP contribution in [0.5, 0.6) is 0 Å². The van der Waals surface area contributed by atoms with E-state index < -0.39 is 29.2 Å². The molecule has 1 aliphatic heterocycles. The number of nitrogens with zero attached hydrogens (tertiary/aromatic N) is 1. The van der Waals surface area contributed by atoms with Crippen molar-refractivity contribution in [3.8, 4) is 0 Å². The van der Waals surface area contributed by atoms with E-state index in [2.05, 4.69) is 22.3 Å². The Bertz CT molecular complexity index is 896. The van der Waals surface area contributed by atoms with Crippen LogP contribution in [-0.2, 0) is 30.4 Å². The van der Waals surface area contributed by atoms with Crippen molar-refractivity contribution in [2.75, 3.05) is 18.0 Å². The molecule has 9 heteroatoms. The Hall–Kier alpha value is -2.81. The summed E-state index contributed by atoms with van der Waals surface area (Å²) in [6.45, 7) is 14.9. The van der Waals surface area contributed by atoms with Crippen LogP contribution in [0.1, 0.15) is 79.7 Å². The van der Waals surface area contributed by atoms with Gasteiger partial charge in [-0.25, -0.2) is 4.79 Å². The molecule has 2 amide bonds. The molecule has 2 rings (SSSR count). The fourth-order valence-electron chi connectivity index (χ4n) is 4.09. The summed E-state index contributed by atoms with van der Waals surface area (Å²) in [5.41, 5.74) is 6.31. The molecular formula is C28H45N3O6. The zero-order valence-corrected chi connectivity index (χ0v) is 23.5. The van der Waals surface area contributed by atoms with Crippen molar-refractivity contribution in [2.24, 2.45) is 11.7 Å². The lowest BCUT2D eigenvalue weighted by atomic mass is 9.96. The first-order chi connectivity index (χ1) is 17.1. The van der Waals surface area contributed by atoms with Crippen molar-refractivity contribution in [3.05, 3.63) is 29.8 Å². The topological polar surface area (TPSA) is 120 Å². The number of rotatable bonds is 10. The number of carbonyl (C=O) groups excluding carboxylic acids is 3. The third kappa shape index (κ3) is 11.4. The molecule has 0 radical (unpaired) electrons. The van der Waals surface area contributed by atoms with Gasteiger partial charge in [0.2, 0.25) is 5.91 Å². The number of piperidine rings is 1. The third-order valence-corrected chi connectivity index (χ3v) is 6.02. The molecule has 1 fully saturated rings. The molecule has 1 aromatic rings. The van der Waals surface area contributed by atoms with Crippen LogP contribution < -0.4 is 16.0 Å². The van der Waals surface area contributed by atoms with E-state index in [1.807, 2.05) is 39.8 Å². The summed E-state index contributed by atoms with van der Waals surface area (Å²) in [6, 6.07) is 7.72. The number of ether oxygens (including phenoxy) is 3. The molecule has 3 N–H and O–H groups in total. The number of alkyl carbamates (subject to hydrolysis) is 1. The van der Waals surface area contributed by atoms with Gasteiger partial charge >= 0.3 is 12.1 Å². The highest BCUT2D eigenvalue weighted by Crippen LogP contribution is 2.26. The number of benzene rings is 1. The zero-order valence-electron chi connectivity index (χ0n) is 23.5. The van der Waals surface area contributed by atoms with Crippen LogP contribution in [0.2, 0.25) is 0 Å². The Labute approximate surface area is 221 Å². The highest BCUT2D eigenvalue weighted by Gasteiger charge is 2.29. The number of carbonyl (C=O) groups is 3. The van der Waals surface area contributed by atoms with E-state index >= 15 is 0 Å². The molecule has 37 heavy (non-hydrogen) atoms. The van der Waals surface area contributed by atoms with E-state index in [-0.39, 0.29) is 24.4 Å². The number of hydrogen-bond acceptors (Lipinski definition) is 7. The van der Waals surface area contributed by atoms with Gasteiger partial charge in [-0.15, -0.1) is 0 Å². The average molecular weight is 520 g/mol. The Morgan fingerprint density at radius 2 is 1.57 bits per heavy atom. The minimum atomic E-state index is -0.630. The van der Waals surface area contributed by atoms with Crippen molar-refractivity contribution in [1.29, 1.82) is 0 Å². The van der Waals surface area contributed by atoms with E-state index in [9.17, 15) is 14.4 Å². The van der Waals surface area contributed by atoms with Gasteiger partial charge in [-0.1, -0.05) is 12.1 Å². The highest BCUT2D eigenvalue weighted by molar-refractivity contribution is 5.74. The van der Waals surface area contributed by atoms with E-state index in [0.29, 0.717) is 13.0 Å². The summed E-state index contributed by atoms with van der Waals surface area (Å²) < 4.78 is 16.9. The molecule has 0 spiro atoms. The maximum absolute atomic E-state index is 12.4. The van der Waals surface area contributed by atoms with Crippen molar-refractivity contribution in [3.63, 3.8) is 0 Å². The Balaban J connectivity index is 1.88. The molecule has 2 atom stereocenters. The fourth-order valence-corrected chi connectivity index (χ4v) is 4.09. The molecule has 0 aromatic heterocycles. The SMILES string of the molecule is CC(OCc1ccc(N2CCC(C(=O)OC(C)(C)C)CC2)cc1)C(CCC(N)=O)NC(=O)OC(C)(C)C. The van der Waals surface area contributed by atoms with Crippen molar-refractivity contribution in [2.45, 2.75) is 104 Å². The summed E-state index contributed by atoms with van der Waals surface area (Å²) >= 11 is 0. The molecule has 0 saturated carbocycles. The summed E-state index contributed by atoms with van der Waals surface area (Å²) in [5.74, 6) is -0.598. The zero-order chi connectivity index (χ0) is 27.8. The average Bonchev–Trinajstić information content (AvgIpc) is 2.78. The predicted octanol–water partition coefficient (Wildman–Crippen LogP) is 4.31. The Morgan fingerprint density at radius 1 is 1.00 bits per heavy atom. The standard InChI is InChI=1S/C28H45N3O6/c1-19(23(12-13-24(29)32)30-26(34)37-28(5,6)7)35-18-20-8-10-22(11-9-20)31-16-14-21(15-17-31)25(33)36-27(2,3)4/h8-11,19,21,23H,12-18H2,1-7H3,(H2,29,32)(H,30,34). The molecule has 2 unspecified atom stereocenters. The van der Waals surface area contributed by atoms with E-state index in [4.69, 9.17) is 19.9 Å². The van der Waals surface area contributed by atoms with Gasteiger partial charge in [-0.05, 0) is 85.4 Å². The highest BCUT2D eigenvalue weighted by atomic mass is 16.6. The number of nitrogens with two attached hydrogens (primary N) is 1. The summed E-state index contributed by atoms with van der Waals surface area (Å²) in [6.07, 6.45) is 1.11. The number of amides is 2. The molecule has 208 valence electrons. The van der Waals surface area contributed by atoms with Crippen LogP contribution in [0.4, 0.5) is 10.5 Å². The monoisotopic (exact) mass is 519 g/mol. The quantitative estimate of drug-likeness (QED) is 0.442. The largest absolute Gasteiger partial charge is 0.460 e. The number of esters is 1. The van der Waals surface area contributed by atoms with E-state index in [0.717, 1.165) is 37.2 Å². The second-order valence-electron chi connectivity index (χ2n) is 11.7. The van der Waals surface area contributed by atoms with Gasteiger partial charge in [0.15, 0.2) is 0 Å². The van der Waals surface area contributed by atoms with Gasteiger partial charge in [-0.3, -0.25) is 9.59 Å². The first-order valence-corrected chi connectivity index (χ1v) is 13.1. The van der Waals surface area contributed by atoms with Crippen LogP contribution in [-0.4, -0.2) is 54.4 Å². The normalized spacial score (nSPS) is 16.6. The molecule has 1 saturated heterocycles. The second-order valence-corrected chi connectivity index (χ2v) is 11.7. The number of hydrogen-bond donors (Lipinski definition) is 2. The van der Waals surface area contributed by atoms with Crippen LogP contribution in [0.25, 0.3) is 0 Å². The fraction of sp³-hybridized carbons (Fsp3) is 0.679. The number of anilines is 1. The van der Waals surface area contributed by atoms with Gasteiger partial charge in [0.05, 0.1) is 24.7 Å². The first-order valence-electron chi connectivity index (χ1n) is 13.1. The number of primary amides is 1. The van der Waals surface area contributed by atoms with Gasteiger partial charge in [0.1, 0.15) is 11.2 Å². The van der Waals surface area contributed by atoms with Gasteiger partial charge in [0.25, 0.3) is 0 Å². The summed E-state index contributed by atoms with van der Waals surface area (Å²) in [5, 5.41) is 2.81.